The summed E-state index contributed by atoms with van der Waals surface area (Å²) in [6, 6.07) is 13.5. The van der Waals surface area contributed by atoms with E-state index in [9.17, 15) is 14.7 Å². The molecule has 1 fully saturated rings. The minimum absolute atomic E-state index is 0.0146. The summed E-state index contributed by atoms with van der Waals surface area (Å²) in [6.45, 7) is 6.48. The van der Waals surface area contributed by atoms with Gasteiger partial charge in [0.1, 0.15) is 11.3 Å². The summed E-state index contributed by atoms with van der Waals surface area (Å²) < 4.78 is 13.2. The number of hydrogen-bond donors (Lipinski definition) is 1. The van der Waals surface area contributed by atoms with Crippen LogP contribution >= 0.6 is 0 Å². The number of aliphatic hydroxyl groups is 1. The van der Waals surface area contributed by atoms with E-state index in [0.717, 1.165) is 5.56 Å². The van der Waals surface area contributed by atoms with E-state index >= 15 is 0 Å². The number of ketones is 1. The number of fused-ring (bicyclic) bond motifs is 1. The van der Waals surface area contributed by atoms with Crippen LogP contribution < -0.4 is 9.47 Å². The third-order valence-corrected chi connectivity index (χ3v) is 6.43. The molecule has 1 atom stereocenters. The van der Waals surface area contributed by atoms with Crippen molar-refractivity contribution in [1.82, 2.24) is 19.3 Å². The highest BCUT2D eigenvalue weighted by molar-refractivity contribution is 6.46. The number of nitrogens with zero attached hydrogens (tertiary/aromatic N) is 4. The van der Waals surface area contributed by atoms with Gasteiger partial charge in [-0.3, -0.25) is 19.0 Å². The molecule has 1 N–H and O–H groups in total. The largest absolute Gasteiger partial charge is 0.505 e. The van der Waals surface area contributed by atoms with Crippen molar-refractivity contribution in [3.8, 4) is 11.5 Å². The molecule has 1 aromatic carbocycles. The molecule has 1 aliphatic rings. The highest BCUT2D eigenvalue weighted by atomic mass is 16.5. The maximum atomic E-state index is 13.5. The Morgan fingerprint density at radius 2 is 1.82 bits per heavy atom. The van der Waals surface area contributed by atoms with Gasteiger partial charge in [0.15, 0.2) is 17.3 Å². The van der Waals surface area contributed by atoms with Gasteiger partial charge in [0.25, 0.3) is 11.7 Å². The molecule has 0 radical (unpaired) electrons. The summed E-state index contributed by atoms with van der Waals surface area (Å²) in [7, 11) is 0. The Hall–Kier alpha value is -4.66. The van der Waals surface area contributed by atoms with Gasteiger partial charge in [0.2, 0.25) is 0 Å². The number of aryl methyl sites for hydroxylation is 1. The molecule has 4 aromatic rings. The predicted octanol–water partition coefficient (Wildman–Crippen LogP) is 4.46. The van der Waals surface area contributed by atoms with E-state index in [4.69, 9.17) is 9.47 Å². The molecule has 194 valence electrons. The Morgan fingerprint density at radius 1 is 1.03 bits per heavy atom. The number of benzene rings is 1. The molecule has 0 saturated carbocycles. The predicted molar refractivity (Wildman–Crippen MR) is 141 cm³/mol. The van der Waals surface area contributed by atoms with Crippen LogP contribution in [-0.4, -0.2) is 49.3 Å². The Balaban J connectivity index is 1.72. The molecule has 9 nitrogen and oxygen atoms in total. The standard InChI is InChI=1S/C29H28N4O5/c1-4-37-21-12-11-20(15-22(21)38-5-2)26-24(27(34)25-18(3)31-23-10-6-7-14-32(23)25)28(35)29(36)33(26)17-19-9-8-13-30-16-19/h6-16,26,34H,4-5,17H2,1-3H3. The quantitative estimate of drug-likeness (QED) is 0.211. The summed E-state index contributed by atoms with van der Waals surface area (Å²) in [6.07, 6.45) is 5.05. The summed E-state index contributed by atoms with van der Waals surface area (Å²) in [5.41, 5.74) is 2.86. The molecule has 5 rings (SSSR count). The third kappa shape index (κ3) is 4.36. The zero-order valence-corrected chi connectivity index (χ0v) is 21.4. The summed E-state index contributed by atoms with van der Waals surface area (Å²) in [4.78, 5) is 37.1. The Morgan fingerprint density at radius 3 is 2.55 bits per heavy atom. The van der Waals surface area contributed by atoms with Crippen LogP contribution in [0.1, 0.15) is 42.4 Å². The lowest BCUT2D eigenvalue weighted by atomic mass is 9.95. The van der Waals surface area contributed by atoms with E-state index in [1.165, 1.54) is 4.90 Å². The number of pyridine rings is 2. The van der Waals surface area contributed by atoms with Gasteiger partial charge in [-0.15, -0.1) is 0 Å². The molecule has 0 aliphatic carbocycles. The SMILES string of the molecule is CCOc1ccc(C2C(=C(O)c3c(C)nc4ccccn34)C(=O)C(=O)N2Cc2cccnc2)cc1OCC. The number of amides is 1. The van der Waals surface area contributed by atoms with E-state index in [1.807, 2.05) is 38.1 Å². The van der Waals surface area contributed by atoms with Gasteiger partial charge < -0.3 is 19.5 Å². The van der Waals surface area contributed by atoms with Gasteiger partial charge in [-0.1, -0.05) is 18.2 Å². The van der Waals surface area contributed by atoms with Crippen molar-refractivity contribution < 1.29 is 24.2 Å². The summed E-state index contributed by atoms with van der Waals surface area (Å²) in [5, 5.41) is 11.7. The van der Waals surface area contributed by atoms with Crippen LogP contribution in [0.15, 0.2) is 72.7 Å². The van der Waals surface area contributed by atoms with Crippen LogP contribution in [-0.2, 0) is 16.1 Å². The van der Waals surface area contributed by atoms with Crippen molar-refractivity contribution in [2.24, 2.45) is 0 Å². The van der Waals surface area contributed by atoms with Gasteiger partial charge >= 0.3 is 0 Å². The average molecular weight is 513 g/mol. The molecule has 0 spiro atoms. The molecule has 1 amide bonds. The van der Waals surface area contributed by atoms with Crippen molar-refractivity contribution in [2.45, 2.75) is 33.4 Å². The van der Waals surface area contributed by atoms with Gasteiger partial charge in [0.05, 0.1) is 30.5 Å². The molecule has 0 bridgehead atoms. The van der Waals surface area contributed by atoms with Crippen molar-refractivity contribution in [1.29, 1.82) is 0 Å². The molecular formula is C29H28N4O5. The zero-order chi connectivity index (χ0) is 26.8. The smallest absolute Gasteiger partial charge is 0.295 e. The van der Waals surface area contributed by atoms with Crippen LogP contribution in [0.25, 0.3) is 11.4 Å². The van der Waals surface area contributed by atoms with Crippen molar-refractivity contribution in [3.63, 3.8) is 0 Å². The molecule has 9 heteroatoms. The lowest BCUT2D eigenvalue weighted by Crippen LogP contribution is -2.29. The van der Waals surface area contributed by atoms with Crippen LogP contribution in [0.4, 0.5) is 0 Å². The van der Waals surface area contributed by atoms with Gasteiger partial charge in [0, 0.05) is 25.1 Å². The number of rotatable bonds is 8. The Labute approximate surface area is 220 Å². The number of likely N-dealkylation sites (tertiary alicyclic amines) is 1. The van der Waals surface area contributed by atoms with Crippen molar-refractivity contribution >= 4 is 23.1 Å². The van der Waals surface area contributed by atoms with Gasteiger partial charge in [-0.05, 0) is 62.2 Å². The third-order valence-electron chi connectivity index (χ3n) is 6.43. The van der Waals surface area contributed by atoms with E-state index in [1.54, 1.807) is 54.2 Å². The average Bonchev–Trinajstić information content (AvgIpc) is 3.38. The Kier molecular flexibility index (Phi) is 6.83. The lowest BCUT2D eigenvalue weighted by Gasteiger charge is -2.26. The lowest BCUT2D eigenvalue weighted by molar-refractivity contribution is -0.140. The highest BCUT2D eigenvalue weighted by Gasteiger charge is 2.47. The summed E-state index contributed by atoms with van der Waals surface area (Å²) >= 11 is 0. The maximum absolute atomic E-state index is 13.5. The molecule has 1 saturated heterocycles. The second kappa shape index (κ2) is 10.4. The monoisotopic (exact) mass is 512 g/mol. The number of ether oxygens (including phenoxy) is 2. The second-order valence-electron chi connectivity index (χ2n) is 8.84. The molecular weight excluding hydrogens is 484 g/mol. The fraction of sp³-hybridized carbons (Fsp3) is 0.241. The van der Waals surface area contributed by atoms with E-state index in [-0.39, 0.29) is 17.9 Å². The van der Waals surface area contributed by atoms with E-state index in [0.29, 0.717) is 47.3 Å². The van der Waals surface area contributed by atoms with Crippen LogP contribution in [0.3, 0.4) is 0 Å². The minimum atomic E-state index is -0.876. The number of aliphatic hydroxyl groups excluding tert-OH is 1. The second-order valence-corrected chi connectivity index (χ2v) is 8.84. The normalized spacial score (nSPS) is 16.8. The number of carbonyl (C=O) groups is 2. The molecule has 4 heterocycles. The number of hydrogen-bond acceptors (Lipinski definition) is 7. The highest BCUT2D eigenvalue weighted by Crippen LogP contribution is 2.43. The van der Waals surface area contributed by atoms with Crippen LogP contribution in [0.5, 0.6) is 11.5 Å². The first kappa shape index (κ1) is 25.0. The van der Waals surface area contributed by atoms with Crippen LogP contribution in [0.2, 0.25) is 0 Å². The zero-order valence-electron chi connectivity index (χ0n) is 21.4. The topological polar surface area (TPSA) is 106 Å². The van der Waals surface area contributed by atoms with Crippen LogP contribution in [0, 0.1) is 6.92 Å². The van der Waals surface area contributed by atoms with E-state index < -0.39 is 17.7 Å². The summed E-state index contributed by atoms with van der Waals surface area (Å²) in [5.74, 6) is -0.720. The number of imidazole rings is 1. The number of carbonyl (C=O) groups excluding carboxylic acids is 2. The first-order chi connectivity index (χ1) is 18.4. The number of Topliss-reactive ketones (excluding diaryl/α,β-unsaturated/α-hetero) is 1. The van der Waals surface area contributed by atoms with Gasteiger partial charge in [-0.2, -0.15) is 0 Å². The van der Waals surface area contributed by atoms with Gasteiger partial charge in [-0.25, -0.2) is 4.98 Å². The molecule has 38 heavy (non-hydrogen) atoms. The fourth-order valence-electron chi connectivity index (χ4n) is 4.84. The molecule has 3 aromatic heterocycles. The molecule has 1 unspecified atom stereocenters. The fourth-order valence-corrected chi connectivity index (χ4v) is 4.84. The van der Waals surface area contributed by atoms with Crippen molar-refractivity contribution in [2.75, 3.05) is 13.2 Å². The molecule has 1 aliphatic heterocycles. The Bertz CT molecular complexity index is 1540. The van der Waals surface area contributed by atoms with Crippen molar-refractivity contribution in [3.05, 3.63) is 95.2 Å². The minimum Gasteiger partial charge on any atom is -0.505 e. The maximum Gasteiger partial charge on any atom is 0.295 e. The first-order valence-corrected chi connectivity index (χ1v) is 12.5. The number of aromatic nitrogens is 3. The first-order valence-electron chi connectivity index (χ1n) is 12.5. The van der Waals surface area contributed by atoms with E-state index in [2.05, 4.69) is 9.97 Å².